The van der Waals surface area contributed by atoms with Crippen LogP contribution in [0.1, 0.15) is 25.7 Å². The van der Waals surface area contributed by atoms with Crippen molar-refractivity contribution in [2.75, 3.05) is 25.5 Å². The van der Waals surface area contributed by atoms with Crippen LogP contribution in [-0.2, 0) is 0 Å². The minimum atomic E-state index is -0.336. The molecule has 0 aromatic carbocycles. The second-order valence-electron chi connectivity index (χ2n) is 4.83. The van der Waals surface area contributed by atoms with Crippen LogP contribution < -0.4 is 0 Å². The summed E-state index contributed by atoms with van der Waals surface area (Å²) in [6, 6.07) is 0. The van der Waals surface area contributed by atoms with Crippen molar-refractivity contribution < 1.29 is 5.11 Å². The lowest BCUT2D eigenvalue weighted by Crippen LogP contribution is -2.31. The molecular weight excluding hydrogens is 198 g/mol. The number of halogens is 1. The molecule has 0 amide bonds. The summed E-state index contributed by atoms with van der Waals surface area (Å²) in [5.41, 5.74) is 0. The number of hydrogen-bond acceptors (Lipinski definition) is 2. The van der Waals surface area contributed by atoms with Crippen molar-refractivity contribution in [3.63, 3.8) is 0 Å². The van der Waals surface area contributed by atoms with Gasteiger partial charge in [0.25, 0.3) is 0 Å². The van der Waals surface area contributed by atoms with Crippen molar-refractivity contribution in [3.05, 3.63) is 0 Å². The van der Waals surface area contributed by atoms with E-state index < -0.39 is 0 Å². The van der Waals surface area contributed by atoms with Crippen LogP contribution in [0.15, 0.2) is 0 Å². The summed E-state index contributed by atoms with van der Waals surface area (Å²) in [4.78, 5) is 2.40. The second kappa shape index (κ2) is 4.82. The number of hydrogen-bond donors (Lipinski definition) is 1. The Morgan fingerprint density at radius 3 is 2.29 bits per heavy atom. The first-order valence-corrected chi connectivity index (χ1v) is 6.29. The zero-order valence-corrected chi connectivity index (χ0v) is 9.42. The molecule has 0 radical (unpaired) electrons. The van der Waals surface area contributed by atoms with Gasteiger partial charge in [-0.25, -0.2) is 0 Å². The Morgan fingerprint density at radius 1 is 1.21 bits per heavy atom. The number of aliphatic hydroxyl groups excluding tert-OH is 1. The molecule has 0 aromatic heterocycles. The van der Waals surface area contributed by atoms with Crippen molar-refractivity contribution in [1.82, 2.24) is 4.90 Å². The summed E-state index contributed by atoms with van der Waals surface area (Å²) in [6.45, 7) is 3.16. The van der Waals surface area contributed by atoms with E-state index in [1.165, 1.54) is 38.8 Å². The number of rotatable bonds is 3. The molecule has 3 heteroatoms. The van der Waals surface area contributed by atoms with Gasteiger partial charge < -0.3 is 10.0 Å². The summed E-state index contributed by atoms with van der Waals surface area (Å²) in [5.74, 6) is 2.18. The fraction of sp³-hybridized carbons (Fsp3) is 1.00. The lowest BCUT2D eigenvalue weighted by atomic mass is 9.82. The van der Waals surface area contributed by atoms with Gasteiger partial charge in [-0.2, -0.15) is 0 Å². The van der Waals surface area contributed by atoms with Gasteiger partial charge in [-0.05, 0) is 24.7 Å². The van der Waals surface area contributed by atoms with Crippen LogP contribution in [0.3, 0.4) is 0 Å². The predicted molar refractivity (Wildman–Crippen MR) is 58.6 cm³/mol. The molecule has 82 valence electrons. The maximum absolute atomic E-state index is 9.48. The molecule has 0 aromatic rings. The normalized spacial score (nSPS) is 35.6. The lowest BCUT2D eigenvalue weighted by molar-refractivity contribution is 0.140. The maximum Gasteiger partial charge on any atom is 0.0802 e. The molecule has 1 aliphatic heterocycles. The topological polar surface area (TPSA) is 23.5 Å². The van der Waals surface area contributed by atoms with Gasteiger partial charge in [-0.3, -0.25) is 0 Å². The summed E-state index contributed by atoms with van der Waals surface area (Å²) in [6.07, 6.45) is 5.29. The highest BCUT2D eigenvalue weighted by Crippen LogP contribution is 2.35. The predicted octanol–water partition coefficient (Wildman–Crippen LogP) is 1.71. The van der Waals surface area contributed by atoms with Gasteiger partial charge in [0.05, 0.1) is 6.10 Å². The number of alkyl halides is 1. The van der Waals surface area contributed by atoms with Crippen LogP contribution in [0.5, 0.6) is 0 Å². The molecule has 2 nitrogen and oxygen atoms in total. The maximum atomic E-state index is 9.48. The highest BCUT2D eigenvalue weighted by atomic mass is 35.5. The fourth-order valence-corrected chi connectivity index (χ4v) is 3.10. The highest BCUT2D eigenvalue weighted by molar-refractivity contribution is 6.18. The van der Waals surface area contributed by atoms with Crippen molar-refractivity contribution in [1.29, 1.82) is 0 Å². The van der Waals surface area contributed by atoms with E-state index in [0.29, 0.717) is 5.88 Å². The van der Waals surface area contributed by atoms with Crippen LogP contribution >= 0.6 is 11.6 Å². The number of likely N-dealkylation sites (tertiary alicyclic amines) is 1. The molecule has 1 aliphatic carbocycles. The van der Waals surface area contributed by atoms with Crippen LogP contribution in [0, 0.1) is 11.8 Å². The Morgan fingerprint density at radius 2 is 1.79 bits per heavy atom. The average Bonchev–Trinajstić information content (AvgIpc) is 2.59. The molecule has 1 saturated carbocycles. The van der Waals surface area contributed by atoms with Crippen LogP contribution in [0.25, 0.3) is 0 Å². The monoisotopic (exact) mass is 217 g/mol. The summed E-state index contributed by atoms with van der Waals surface area (Å²) < 4.78 is 0. The quantitative estimate of drug-likeness (QED) is 0.728. The summed E-state index contributed by atoms with van der Waals surface area (Å²) in [7, 11) is 0. The van der Waals surface area contributed by atoms with E-state index in [1.807, 2.05) is 0 Å². The standard InChI is InChI=1S/C11H20ClNO/c12-5-11(14)8-13-6-9-3-1-2-4-10(9)7-13/h9-11,14H,1-8H2/t9-,10+,11?. The summed E-state index contributed by atoms with van der Waals surface area (Å²) in [5, 5.41) is 9.48. The molecule has 2 fully saturated rings. The minimum Gasteiger partial charge on any atom is -0.391 e. The van der Waals surface area contributed by atoms with E-state index in [-0.39, 0.29) is 6.10 Å². The molecule has 2 aliphatic rings. The van der Waals surface area contributed by atoms with Crippen molar-refractivity contribution in [2.24, 2.45) is 11.8 Å². The largest absolute Gasteiger partial charge is 0.391 e. The molecule has 1 saturated heterocycles. The lowest BCUT2D eigenvalue weighted by Gasteiger charge is -2.23. The average molecular weight is 218 g/mol. The van der Waals surface area contributed by atoms with Crippen LogP contribution in [0.2, 0.25) is 0 Å². The molecule has 2 rings (SSSR count). The van der Waals surface area contributed by atoms with Crippen LogP contribution in [0.4, 0.5) is 0 Å². The number of fused-ring (bicyclic) bond motifs is 1. The zero-order chi connectivity index (χ0) is 9.97. The second-order valence-corrected chi connectivity index (χ2v) is 5.14. The van der Waals surface area contributed by atoms with Crippen molar-refractivity contribution >= 4 is 11.6 Å². The third kappa shape index (κ3) is 2.41. The van der Waals surface area contributed by atoms with Gasteiger partial charge in [0.1, 0.15) is 0 Å². The Kier molecular flexibility index (Phi) is 3.69. The van der Waals surface area contributed by atoms with E-state index in [0.717, 1.165) is 18.4 Å². The van der Waals surface area contributed by atoms with E-state index in [9.17, 15) is 5.11 Å². The van der Waals surface area contributed by atoms with E-state index in [1.54, 1.807) is 0 Å². The smallest absolute Gasteiger partial charge is 0.0802 e. The molecule has 1 heterocycles. The van der Waals surface area contributed by atoms with E-state index >= 15 is 0 Å². The third-order valence-electron chi connectivity index (χ3n) is 3.70. The molecule has 0 bridgehead atoms. The van der Waals surface area contributed by atoms with Gasteiger partial charge in [0.15, 0.2) is 0 Å². The fourth-order valence-electron chi connectivity index (χ4n) is 3.00. The summed E-state index contributed by atoms with van der Waals surface area (Å²) >= 11 is 5.61. The molecule has 0 spiro atoms. The van der Waals surface area contributed by atoms with E-state index in [4.69, 9.17) is 11.6 Å². The first-order valence-electron chi connectivity index (χ1n) is 5.76. The Bertz CT molecular complexity index is 174. The van der Waals surface area contributed by atoms with Gasteiger partial charge in [0, 0.05) is 25.5 Å². The first kappa shape index (κ1) is 10.7. The Balaban J connectivity index is 1.80. The van der Waals surface area contributed by atoms with Gasteiger partial charge in [-0.1, -0.05) is 12.8 Å². The molecular formula is C11H20ClNO. The molecule has 14 heavy (non-hydrogen) atoms. The third-order valence-corrected chi connectivity index (χ3v) is 4.06. The highest BCUT2D eigenvalue weighted by Gasteiger charge is 2.34. The van der Waals surface area contributed by atoms with Gasteiger partial charge in [-0.15, -0.1) is 11.6 Å². The van der Waals surface area contributed by atoms with E-state index in [2.05, 4.69) is 4.90 Å². The Labute approximate surface area is 91.2 Å². The molecule has 1 unspecified atom stereocenters. The number of nitrogens with zero attached hydrogens (tertiary/aromatic N) is 1. The van der Waals surface area contributed by atoms with Crippen molar-refractivity contribution in [2.45, 2.75) is 31.8 Å². The first-order chi connectivity index (χ1) is 6.79. The van der Waals surface area contributed by atoms with Crippen molar-refractivity contribution in [3.8, 4) is 0 Å². The number of β-amino-alcohol motifs (C(OH)–C–C–N with tert-alkyl or cyclic N) is 1. The van der Waals surface area contributed by atoms with Gasteiger partial charge in [0.2, 0.25) is 0 Å². The molecule has 3 atom stereocenters. The SMILES string of the molecule is OC(CCl)CN1C[C@H]2CCCC[C@H]2C1. The Hall–Kier alpha value is 0.210. The minimum absolute atomic E-state index is 0.336. The van der Waals surface area contributed by atoms with Gasteiger partial charge >= 0.3 is 0 Å². The molecule has 1 N–H and O–H groups in total. The number of aliphatic hydroxyl groups is 1. The van der Waals surface area contributed by atoms with Crippen LogP contribution in [-0.4, -0.2) is 41.6 Å². The zero-order valence-electron chi connectivity index (χ0n) is 8.66.